The number of aryl methyl sites for hydroxylation is 1. The summed E-state index contributed by atoms with van der Waals surface area (Å²) < 4.78 is 16.8. The Balaban J connectivity index is 1.77. The van der Waals surface area contributed by atoms with E-state index >= 15 is 0 Å². The van der Waals surface area contributed by atoms with Crippen LogP contribution in [0.4, 0.5) is 10.2 Å². The van der Waals surface area contributed by atoms with Gasteiger partial charge in [-0.2, -0.15) is 5.10 Å². The number of hydrogen-bond donors (Lipinski definition) is 2. The Kier molecular flexibility index (Phi) is 5.64. The number of benzene rings is 1. The van der Waals surface area contributed by atoms with Gasteiger partial charge in [-0.25, -0.2) is 24.0 Å². The summed E-state index contributed by atoms with van der Waals surface area (Å²) in [7, 11) is 0. The highest BCUT2D eigenvalue weighted by molar-refractivity contribution is 7.16. The quantitative estimate of drug-likeness (QED) is 0.339. The summed E-state index contributed by atoms with van der Waals surface area (Å²) in [5.74, 6) is -0.659. The molecular weight excluding hydrogens is 481 g/mol. The van der Waals surface area contributed by atoms with Crippen LogP contribution >= 0.6 is 11.3 Å². The molecule has 182 valence electrons. The number of aromatic nitrogens is 6. The third-order valence-corrected chi connectivity index (χ3v) is 6.87. The molecule has 0 saturated heterocycles. The third kappa shape index (κ3) is 3.64. The monoisotopic (exact) mass is 503 g/mol. The average Bonchev–Trinajstić information content (AvgIpc) is 3.39. The summed E-state index contributed by atoms with van der Waals surface area (Å²) in [6.45, 7) is 9.65. The number of nitrogens with two attached hydrogens (primary N) is 1. The minimum atomic E-state index is -0.752. The van der Waals surface area contributed by atoms with E-state index in [0.29, 0.717) is 49.6 Å². The van der Waals surface area contributed by atoms with Crippen molar-refractivity contribution in [2.24, 2.45) is 0 Å². The molecule has 5 aromatic rings. The average molecular weight is 504 g/mol. The standard InChI is InChI=1S/C25H22FN7O2S/c1-5-16(12(2)3)33-18(30-24-19(25(33)35)13(4)10-36-24)9-32-23-20(22(27)28-11-29-23)21(31-32)14-6-7-15(26)17(34)8-14/h5-8,10-11,34H,2,9H2,1,3-4H3,(H2,27,28,29)/b16-5+. The summed E-state index contributed by atoms with van der Waals surface area (Å²) in [5.41, 5.74) is 9.38. The van der Waals surface area contributed by atoms with Gasteiger partial charge in [0, 0.05) is 11.3 Å². The number of anilines is 1. The molecule has 0 atom stereocenters. The van der Waals surface area contributed by atoms with Crippen molar-refractivity contribution < 1.29 is 9.50 Å². The molecule has 0 radical (unpaired) electrons. The van der Waals surface area contributed by atoms with Gasteiger partial charge in [0.15, 0.2) is 17.2 Å². The van der Waals surface area contributed by atoms with Crippen LogP contribution in [0.25, 0.3) is 38.2 Å². The summed E-state index contributed by atoms with van der Waals surface area (Å²) in [4.78, 5) is 27.5. The molecule has 0 unspecified atom stereocenters. The highest BCUT2D eigenvalue weighted by atomic mass is 32.1. The molecule has 0 amide bonds. The molecule has 0 spiro atoms. The number of phenolic OH excluding ortho intramolecular Hbond substituents is 1. The first-order chi connectivity index (χ1) is 17.2. The molecular formula is C25H22FN7O2S. The van der Waals surface area contributed by atoms with E-state index in [1.54, 1.807) is 9.25 Å². The Morgan fingerprint density at radius 3 is 2.78 bits per heavy atom. The molecule has 0 bridgehead atoms. The van der Waals surface area contributed by atoms with Crippen LogP contribution in [0, 0.1) is 12.7 Å². The minimum absolute atomic E-state index is 0.0763. The third-order valence-electron chi connectivity index (χ3n) is 5.88. The number of halogens is 1. The number of aromatic hydroxyl groups is 1. The lowest BCUT2D eigenvalue weighted by Crippen LogP contribution is -2.26. The zero-order valence-electron chi connectivity index (χ0n) is 19.8. The van der Waals surface area contributed by atoms with Gasteiger partial charge in [0.2, 0.25) is 0 Å². The molecule has 0 fully saturated rings. The van der Waals surface area contributed by atoms with E-state index in [9.17, 15) is 14.3 Å². The molecule has 1 aromatic carbocycles. The van der Waals surface area contributed by atoms with Crippen molar-refractivity contribution in [2.45, 2.75) is 27.3 Å². The summed E-state index contributed by atoms with van der Waals surface area (Å²) in [5, 5.41) is 17.5. The maximum absolute atomic E-state index is 13.7. The van der Waals surface area contributed by atoms with Gasteiger partial charge in [-0.1, -0.05) is 12.7 Å². The fraction of sp³-hybridized carbons (Fsp3) is 0.160. The van der Waals surface area contributed by atoms with Gasteiger partial charge >= 0.3 is 0 Å². The first-order valence-electron chi connectivity index (χ1n) is 11.0. The topological polar surface area (TPSA) is 125 Å². The smallest absolute Gasteiger partial charge is 0.267 e. The van der Waals surface area contributed by atoms with Crippen LogP contribution in [0.5, 0.6) is 5.75 Å². The molecule has 0 aliphatic rings. The molecule has 0 saturated carbocycles. The van der Waals surface area contributed by atoms with Gasteiger partial charge < -0.3 is 10.8 Å². The van der Waals surface area contributed by atoms with Crippen LogP contribution in [0.15, 0.2) is 52.9 Å². The van der Waals surface area contributed by atoms with Crippen molar-refractivity contribution in [1.82, 2.24) is 29.3 Å². The van der Waals surface area contributed by atoms with E-state index in [2.05, 4.69) is 21.6 Å². The van der Waals surface area contributed by atoms with Gasteiger partial charge in [0.1, 0.15) is 35.0 Å². The Hall–Kier alpha value is -4.38. The first-order valence-corrected chi connectivity index (χ1v) is 11.9. The molecule has 3 N–H and O–H groups in total. The zero-order valence-corrected chi connectivity index (χ0v) is 20.6. The maximum Gasteiger partial charge on any atom is 0.267 e. The van der Waals surface area contributed by atoms with E-state index in [4.69, 9.17) is 10.7 Å². The molecule has 4 heterocycles. The summed E-state index contributed by atoms with van der Waals surface area (Å²) >= 11 is 1.40. The molecule has 0 aliphatic carbocycles. The van der Waals surface area contributed by atoms with E-state index in [-0.39, 0.29) is 17.9 Å². The van der Waals surface area contributed by atoms with Crippen LogP contribution in [0.1, 0.15) is 25.2 Å². The van der Waals surface area contributed by atoms with Gasteiger partial charge in [-0.3, -0.25) is 9.36 Å². The predicted octanol–water partition coefficient (Wildman–Crippen LogP) is 4.49. The Bertz CT molecular complexity index is 1780. The molecule has 4 aromatic heterocycles. The lowest BCUT2D eigenvalue weighted by molar-refractivity contribution is 0.432. The lowest BCUT2D eigenvalue weighted by atomic mass is 10.1. The van der Waals surface area contributed by atoms with Gasteiger partial charge in [0.25, 0.3) is 5.56 Å². The summed E-state index contributed by atoms with van der Waals surface area (Å²) in [6, 6.07) is 3.90. The minimum Gasteiger partial charge on any atom is -0.505 e. The van der Waals surface area contributed by atoms with Gasteiger partial charge in [-0.05, 0) is 55.5 Å². The number of fused-ring (bicyclic) bond motifs is 2. The second-order valence-corrected chi connectivity index (χ2v) is 9.21. The number of allylic oxidation sites excluding steroid dienone is 3. The Morgan fingerprint density at radius 1 is 1.31 bits per heavy atom. The number of nitrogen functional groups attached to an aromatic ring is 1. The van der Waals surface area contributed by atoms with Crippen molar-refractivity contribution >= 4 is 44.1 Å². The maximum atomic E-state index is 13.7. The SMILES string of the molecule is C=C(C)/C(=C\C)n1c(Cn2nc(-c3ccc(F)c(O)c3)c3c(N)ncnc32)nc2scc(C)c2c1=O. The fourth-order valence-electron chi connectivity index (χ4n) is 4.23. The number of phenols is 1. The number of thiophene rings is 1. The fourth-order valence-corrected chi connectivity index (χ4v) is 5.16. The molecule has 36 heavy (non-hydrogen) atoms. The predicted molar refractivity (Wildman–Crippen MR) is 139 cm³/mol. The first kappa shape index (κ1) is 23.4. The van der Waals surface area contributed by atoms with Crippen LogP contribution in [-0.2, 0) is 6.54 Å². The van der Waals surface area contributed by atoms with Crippen molar-refractivity contribution in [3.63, 3.8) is 0 Å². The van der Waals surface area contributed by atoms with E-state index < -0.39 is 11.6 Å². The van der Waals surface area contributed by atoms with Gasteiger partial charge in [-0.15, -0.1) is 11.3 Å². The van der Waals surface area contributed by atoms with Crippen LogP contribution < -0.4 is 11.3 Å². The van der Waals surface area contributed by atoms with E-state index in [1.165, 1.54) is 29.8 Å². The number of rotatable bonds is 5. The molecule has 5 rings (SSSR count). The number of hydrogen-bond acceptors (Lipinski definition) is 8. The van der Waals surface area contributed by atoms with Crippen molar-refractivity contribution in [2.75, 3.05) is 5.73 Å². The Labute approximate surface area is 208 Å². The largest absolute Gasteiger partial charge is 0.505 e. The van der Waals surface area contributed by atoms with Gasteiger partial charge in [0.05, 0.1) is 10.8 Å². The highest BCUT2D eigenvalue weighted by Gasteiger charge is 2.22. The second kappa shape index (κ2) is 8.68. The zero-order chi connectivity index (χ0) is 25.7. The van der Waals surface area contributed by atoms with E-state index in [0.717, 1.165) is 11.6 Å². The molecule has 0 aliphatic heterocycles. The van der Waals surface area contributed by atoms with Crippen molar-refractivity contribution in [3.8, 4) is 17.0 Å². The van der Waals surface area contributed by atoms with Crippen LogP contribution in [-0.4, -0.2) is 34.4 Å². The molecule has 11 heteroatoms. The van der Waals surface area contributed by atoms with Crippen molar-refractivity contribution in [1.29, 1.82) is 0 Å². The van der Waals surface area contributed by atoms with E-state index in [1.807, 2.05) is 32.2 Å². The second-order valence-electron chi connectivity index (χ2n) is 8.35. The highest BCUT2D eigenvalue weighted by Crippen LogP contribution is 2.33. The number of nitrogens with zero attached hydrogens (tertiary/aromatic N) is 6. The molecule has 9 nitrogen and oxygen atoms in total. The van der Waals surface area contributed by atoms with Crippen LogP contribution in [0.3, 0.4) is 0 Å². The normalized spacial score (nSPS) is 12.1. The lowest BCUT2D eigenvalue weighted by Gasteiger charge is -2.16. The van der Waals surface area contributed by atoms with Crippen molar-refractivity contribution in [3.05, 3.63) is 75.7 Å². The van der Waals surface area contributed by atoms with Crippen LogP contribution in [0.2, 0.25) is 0 Å². The summed E-state index contributed by atoms with van der Waals surface area (Å²) in [6.07, 6.45) is 3.13. The Morgan fingerprint density at radius 2 is 2.08 bits per heavy atom.